The number of carbonyl (C=O) groups excluding carboxylic acids is 1. The number of halogens is 1. The first-order valence-electron chi connectivity index (χ1n) is 9.76. The molecule has 1 aliphatic rings. The van der Waals surface area contributed by atoms with E-state index in [-0.39, 0.29) is 11.9 Å². The van der Waals surface area contributed by atoms with Crippen LogP contribution in [0, 0.1) is 0 Å². The van der Waals surface area contributed by atoms with Crippen molar-refractivity contribution in [2.24, 2.45) is 0 Å². The van der Waals surface area contributed by atoms with Crippen LogP contribution >= 0.6 is 11.6 Å². The number of hydrogen-bond acceptors (Lipinski definition) is 3. The van der Waals surface area contributed by atoms with Crippen molar-refractivity contribution in [3.05, 3.63) is 70.8 Å². The Bertz CT molecular complexity index is 799. The zero-order chi connectivity index (χ0) is 19.8. The minimum Gasteiger partial charge on any atom is -0.497 e. The summed E-state index contributed by atoms with van der Waals surface area (Å²) < 4.78 is 5.27. The largest absolute Gasteiger partial charge is 0.497 e. The Morgan fingerprint density at radius 1 is 1.14 bits per heavy atom. The first-order chi connectivity index (χ1) is 13.7. The molecular formula is C23H27ClN2O2. The maximum atomic E-state index is 12.4. The molecule has 1 amide bonds. The summed E-state index contributed by atoms with van der Waals surface area (Å²) >= 11 is 6.14. The number of hydrogen-bond donors (Lipinski definition) is 1. The normalized spacial score (nSPS) is 16.1. The van der Waals surface area contributed by atoms with Gasteiger partial charge in [0.05, 0.1) is 13.2 Å². The van der Waals surface area contributed by atoms with Crippen molar-refractivity contribution in [1.29, 1.82) is 0 Å². The van der Waals surface area contributed by atoms with Crippen LogP contribution in [0.5, 0.6) is 5.75 Å². The van der Waals surface area contributed by atoms with E-state index >= 15 is 0 Å². The van der Waals surface area contributed by atoms with Gasteiger partial charge in [-0.3, -0.25) is 9.69 Å². The van der Waals surface area contributed by atoms with E-state index in [1.165, 1.54) is 24.8 Å². The summed E-state index contributed by atoms with van der Waals surface area (Å²) in [6, 6.07) is 15.8. The maximum Gasteiger partial charge on any atom is 0.244 e. The minimum absolute atomic E-state index is 0.115. The first kappa shape index (κ1) is 20.4. The molecule has 148 valence electrons. The molecule has 2 aromatic rings. The standard InChI is InChI=1S/C23H27ClN2O2/c1-28-20-12-9-19(10-13-20)22(26-15-5-2-6-16-26)17-25-23(27)14-11-18-7-3-4-8-21(18)24/h3-4,7-14,22H,2,5-6,15-17H2,1H3,(H,25,27)/b14-11+/t22-/m0/s1. The van der Waals surface area contributed by atoms with Crippen LogP contribution in [0.2, 0.25) is 5.02 Å². The Kier molecular flexibility index (Phi) is 7.52. The fourth-order valence-electron chi connectivity index (χ4n) is 3.55. The Morgan fingerprint density at radius 3 is 2.54 bits per heavy atom. The summed E-state index contributed by atoms with van der Waals surface area (Å²) in [6.45, 7) is 2.68. The highest BCUT2D eigenvalue weighted by Crippen LogP contribution is 2.26. The van der Waals surface area contributed by atoms with Gasteiger partial charge < -0.3 is 10.1 Å². The van der Waals surface area contributed by atoms with E-state index in [1.54, 1.807) is 19.3 Å². The molecule has 4 nitrogen and oxygen atoms in total. The third kappa shape index (κ3) is 5.60. The molecule has 0 bridgehead atoms. The maximum absolute atomic E-state index is 12.4. The first-order valence-corrected chi connectivity index (χ1v) is 10.1. The van der Waals surface area contributed by atoms with Crippen molar-refractivity contribution in [2.45, 2.75) is 25.3 Å². The van der Waals surface area contributed by atoms with Gasteiger partial charge >= 0.3 is 0 Å². The number of nitrogens with zero attached hydrogens (tertiary/aromatic N) is 1. The molecule has 5 heteroatoms. The average molecular weight is 399 g/mol. The fourth-order valence-corrected chi connectivity index (χ4v) is 3.74. The summed E-state index contributed by atoms with van der Waals surface area (Å²) in [7, 11) is 1.67. The summed E-state index contributed by atoms with van der Waals surface area (Å²) in [5.74, 6) is 0.725. The molecule has 3 rings (SSSR count). The third-order valence-electron chi connectivity index (χ3n) is 5.12. The van der Waals surface area contributed by atoms with Crippen molar-refractivity contribution in [2.75, 3.05) is 26.7 Å². The zero-order valence-electron chi connectivity index (χ0n) is 16.2. The Balaban J connectivity index is 1.66. The quantitative estimate of drug-likeness (QED) is 0.687. The Hall–Kier alpha value is -2.30. The number of nitrogens with one attached hydrogen (secondary N) is 1. The van der Waals surface area contributed by atoms with Gasteiger partial charge in [-0.1, -0.05) is 48.4 Å². The van der Waals surface area contributed by atoms with Crippen LogP contribution in [-0.2, 0) is 4.79 Å². The lowest BCUT2D eigenvalue weighted by Gasteiger charge is -2.35. The van der Waals surface area contributed by atoms with Gasteiger partial charge in [0.2, 0.25) is 5.91 Å². The molecule has 1 atom stereocenters. The molecular weight excluding hydrogens is 372 g/mol. The SMILES string of the molecule is COc1ccc([C@H](CNC(=O)/C=C/c2ccccc2Cl)N2CCCCC2)cc1. The molecule has 1 saturated heterocycles. The minimum atomic E-state index is -0.115. The molecule has 0 spiro atoms. The van der Waals surface area contributed by atoms with E-state index in [4.69, 9.17) is 16.3 Å². The lowest BCUT2D eigenvalue weighted by atomic mass is 10.0. The van der Waals surface area contributed by atoms with Gasteiger partial charge in [0.25, 0.3) is 0 Å². The molecule has 0 unspecified atom stereocenters. The summed E-state index contributed by atoms with van der Waals surface area (Å²) in [5, 5.41) is 3.69. The molecule has 0 radical (unpaired) electrons. The highest BCUT2D eigenvalue weighted by atomic mass is 35.5. The van der Waals surface area contributed by atoms with E-state index < -0.39 is 0 Å². The van der Waals surface area contributed by atoms with E-state index in [1.807, 2.05) is 36.4 Å². The zero-order valence-corrected chi connectivity index (χ0v) is 17.0. The second kappa shape index (κ2) is 10.3. The van der Waals surface area contributed by atoms with E-state index in [0.717, 1.165) is 24.4 Å². The lowest BCUT2D eigenvalue weighted by Crippen LogP contribution is -2.40. The number of carbonyl (C=O) groups is 1. The van der Waals surface area contributed by atoms with Crippen LogP contribution in [0.3, 0.4) is 0 Å². The van der Waals surface area contributed by atoms with Crippen LogP contribution in [0.15, 0.2) is 54.6 Å². The van der Waals surface area contributed by atoms with E-state index in [0.29, 0.717) is 11.6 Å². The Morgan fingerprint density at radius 2 is 1.86 bits per heavy atom. The van der Waals surface area contributed by atoms with Gasteiger partial charge in [-0.2, -0.15) is 0 Å². The van der Waals surface area contributed by atoms with Crippen LogP contribution in [0.4, 0.5) is 0 Å². The summed E-state index contributed by atoms with van der Waals surface area (Å²) in [4.78, 5) is 14.8. The summed E-state index contributed by atoms with van der Waals surface area (Å²) in [6.07, 6.45) is 6.97. The van der Waals surface area contributed by atoms with Crippen molar-refractivity contribution in [3.63, 3.8) is 0 Å². The van der Waals surface area contributed by atoms with Crippen LogP contribution < -0.4 is 10.1 Å². The number of amides is 1. The molecule has 1 heterocycles. The average Bonchev–Trinajstić information content (AvgIpc) is 2.74. The second-order valence-electron chi connectivity index (χ2n) is 6.99. The number of ether oxygens (including phenoxy) is 1. The molecule has 0 saturated carbocycles. The number of methoxy groups -OCH3 is 1. The van der Waals surface area contributed by atoms with Crippen LogP contribution in [0.25, 0.3) is 6.08 Å². The van der Waals surface area contributed by atoms with Crippen LogP contribution in [-0.4, -0.2) is 37.6 Å². The molecule has 1 aliphatic heterocycles. The van der Waals surface area contributed by atoms with Crippen molar-refractivity contribution >= 4 is 23.6 Å². The highest BCUT2D eigenvalue weighted by Gasteiger charge is 2.22. The molecule has 1 fully saturated rings. The second-order valence-corrected chi connectivity index (χ2v) is 7.39. The molecule has 2 aromatic carbocycles. The predicted molar refractivity (Wildman–Crippen MR) is 115 cm³/mol. The predicted octanol–water partition coefficient (Wildman–Crippen LogP) is 4.71. The van der Waals surface area contributed by atoms with Gasteiger partial charge in [0.15, 0.2) is 0 Å². The van der Waals surface area contributed by atoms with Gasteiger partial charge in [-0.15, -0.1) is 0 Å². The summed E-state index contributed by atoms with van der Waals surface area (Å²) in [5.41, 5.74) is 2.03. The van der Waals surface area contributed by atoms with Gasteiger partial charge in [-0.05, 0) is 61.3 Å². The number of likely N-dealkylation sites (tertiary alicyclic amines) is 1. The topological polar surface area (TPSA) is 41.6 Å². The number of benzene rings is 2. The molecule has 0 aromatic heterocycles. The number of piperidine rings is 1. The number of rotatable bonds is 7. The van der Waals surface area contributed by atoms with Gasteiger partial charge in [0.1, 0.15) is 5.75 Å². The highest BCUT2D eigenvalue weighted by molar-refractivity contribution is 6.32. The van der Waals surface area contributed by atoms with E-state index in [2.05, 4.69) is 22.3 Å². The van der Waals surface area contributed by atoms with Crippen LogP contribution in [0.1, 0.15) is 36.4 Å². The molecule has 1 N–H and O–H groups in total. The smallest absolute Gasteiger partial charge is 0.244 e. The molecule has 0 aliphatic carbocycles. The monoisotopic (exact) mass is 398 g/mol. The van der Waals surface area contributed by atoms with E-state index in [9.17, 15) is 4.79 Å². The lowest BCUT2D eigenvalue weighted by molar-refractivity contribution is -0.116. The van der Waals surface area contributed by atoms with Crippen molar-refractivity contribution < 1.29 is 9.53 Å². The third-order valence-corrected chi connectivity index (χ3v) is 5.47. The van der Waals surface area contributed by atoms with Crippen molar-refractivity contribution in [1.82, 2.24) is 10.2 Å². The van der Waals surface area contributed by atoms with Crippen molar-refractivity contribution in [3.8, 4) is 5.75 Å². The van der Waals surface area contributed by atoms with Gasteiger partial charge in [-0.25, -0.2) is 0 Å². The fraction of sp³-hybridized carbons (Fsp3) is 0.348. The molecule has 28 heavy (non-hydrogen) atoms. The van der Waals surface area contributed by atoms with Gasteiger partial charge in [0, 0.05) is 17.6 Å². The Labute approximate surface area is 172 Å².